The monoisotopic (exact) mass is 232 g/mol. The summed E-state index contributed by atoms with van der Waals surface area (Å²) in [6, 6.07) is 11.1. The van der Waals surface area contributed by atoms with Gasteiger partial charge in [0, 0.05) is 0 Å². The first kappa shape index (κ1) is 13.0. The molecule has 0 fully saturated rings. The number of carbonyl (C=O) groups is 1. The van der Waals surface area contributed by atoms with Crippen molar-refractivity contribution in [3.63, 3.8) is 0 Å². The van der Waals surface area contributed by atoms with Gasteiger partial charge in [-0.2, -0.15) is 5.26 Å². The Hall–Kier alpha value is -2.02. The third kappa shape index (κ3) is 4.15. The highest BCUT2D eigenvalue weighted by Gasteiger charge is 2.23. The molecule has 0 aromatic heterocycles. The number of nitrogens with one attached hydrogen (secondary N) is 1. The van der Waals surface area contributed by atoms with Gasteiger partial charge in [-0.05, 0) is 32.9 Å². The summed E-state index contributed by atoms with van der Waals surface area (Å²) in [7, 11) is 0. The van der Waals surface area contributed by atoms with Crippen molar-refractivity contribution >= 4 is 5.91 Å². The number of nitriles is 1. The topological polar surface area (TPSA) is 62.1 Å². The predicted octanol–water partition coefficient (Wildman–Crippen LogP) is 1.87. The lowest BCUT2D eigenvalue weighted by molar-refractivity contribution is -0.128. The first-order valence-electron chi connectivity index (χ1n) is 5.39. The second-order valence-electron chi connectivity index (χ2n) is 4.30. The van der Waals surface area contributed by atoms with Gasteiger partial charge in [-0.3, -0.25) is 4.79 Å². The maximum Gasteiger partial charge on any atom is 0.262 e. The summed E-state index contributed by atoms with van der Waals surface area (Å²) in [5.41, 5.74) is -0.884. The molecule has 0 aliphatic carbocycles. The molecular weight excluding hydrogens is 216 g/mol. The van der Waals surface area contributed by atoms with E-state index in [1.165, 1.54) is 0 Å². The van der Waals surface area contributed by atoms with Crippen LogP contribution in [0.5, 0.6) is 5.75 Å². The average molecular weight is 232 g/mol. The van der Waals surface area contributed by atoms with Crippen LogP contribution in [0, 0.1) is 11.3 Å². The van der Waals surface area contributed by atoms with Crippen LogP contribution in [-0.4, -0.2) is 17.6 Å². The Balaban J connectivity index is 2.57. The maximum absolute atomic E-state index is 11.7. The molecule has 17 heavy (non-hydrogen) atoms. The molecule has 0 spiro atoms. The van der Waals surface area contributed by atoms with Crippen molar-refractivity contribution < 1.29 is 9.53 Å². The standard InChI is InChI=1S/C13H16N2O2/c1-10(12(16)15-13(2,3)9-14)17-11-7-5-4-6-8-11/h4-8,10H,1-3H3,(H,15,16). The first-order valence-corrected chi connectivity index (χ1v) is 5.39. The Morgan fingerprint density at radius 3 is 2.53 bits per heavy atom. The largest absolute Gasteiger partial charge is 0.481 e. The molecule has 0 aliphatic heterocycles. The van der Waals surface area contributed by atoms with E-state index in [9.17, 15) is 4.79 Å². The highest BCUT2D eigenvalue weighted by molar-refractivity contribution is 5.81. The molecule has 4 heteroatoms. The summed E-state index contributed by atoms with van der Waals surface area (Å²) < 4.78 is 5.45. The summed E-state index contributed by atoms with van der Waals surface area (Å²) in [5, 5.41) is 11.4. The van der Waals surface area contributed by atoms with Gasteiger partial charge in [-0.15, -0.1) is 0 Å². The van der Waals surface area contributed by atoms with E-state index in [0.29, 0.717) is 5.75 Å². The minimum absolute atomic E-state index is 0.305. The fourth-order valence-corrected chi connectivity index (χ4v) is 1.19. The van der Waals surface area contributed by atoms with Crippen molar-refractivity contribution in [2.75, 3.05) is 0 Å². The summed E-state index contributed by atoms with van der Waals surface area (Å²) in [6.07, 6.45) is -0.634. The number of ether oxygens (including phenoxy) is 1. The molecule has 0 aliphatic rings. The van der Waals surface area contributed by atoms with E-state index < -0.39 is 11.6 Å². The van der Waals surface area contributed by atoms with Crippen LogP contribution in [0.15, 0.2) is 30.3 Å². The summed E-state index contributed by atoms with van der Waals surface area (Å²) >= 11 is 0. The smallest absolute Gasteiger partial charge is 0.262 e. The van der Waals surface area contributed by atoms with E-state index in [4.69, 9.17) is 10.00 Å². The number of hydrogen-bond acceptors (Lipinski definition) is 3. The van der Waals surface area contributed by atoms with Gasteiger partial charge in [-0.1, -0.05) is 18.2 Å². The zero-order chi connectivity index (χ0) is 12.9. The van der Waals surface area contributed by atoms with Crippen LogP contribution in [-0.2, 0) is 4.79 Å². The van der Waals surface area contributed by atoms with Gasteiger partial charge < -0.3 is 10.1 Å². The minimum atomic E-state index is -0.884. The van der Waals surface area contributed by atoms with Gasteiger partial charge in [0.15, 0.2) is 6.10 Å². The number of carbonyl (C=O) groups excluding carboxylic acids is 1. The normalized spacial score (nSPS) is 12.4. The second kappa shape index (κ2) is 5.35. The molecule has 90 valence electrons. The third-order valence-corrected chi connectivity index (χ3v) is 2.14. The zero-order valence-corrected chi connectivity index (χ0v) is 10.2. The Kier molecular flexibility index (Phi) is 4.11. The van der Waals surface area contributed by atoms with E-state index in [1.807, 2.05) is 24.3 Å². The predicted molar refractivity (Wildman–Crippen MR) is 64.4 cm³/mol. The van der Waals surface area contributed by atoms with Crippen molar-refractivity contribution in [3.8, 4) is 11.8 Å². The lowest BCUT2D eigenvalue weighted by Crippen LogP contribution is -2.47. The van der Waals surface area contributed by atoms with Crippen molar-refractivity contribution in [2.45, 2.75) is 32.4 Å². The Morgan fingerprint density at radius 2 is 2.00 bits per heavy atom. The van der Waals surface area contributed by atoms with Crippen LogP contribution in [0.1, 0.15) is 20.8 Å². The molecule has 1 N–H and O–H groups in total. The van der Waals surface area contributed by atoms with E-state index in [1.54, 1.807) is 32.9 Å². The van der Waals surface area contributed by atoms with E-state index in [-0.39, 0.29) is 5.91 Å². The van der Waals surface area contributed by atoms with Crippen LogP contribution in [0.2, 0.25) is 0 Å². The first-order chi connectivity index (χ1) is 7.94. The highest BCUT2D eigenvalue weighted by atomic mass is 16.5. The lowest BCUT2D eigenvalue weighted by Gasteiger charge is -2.21. The van der Waals surface area contributed by atoms with E-state index >= 15 is 0 Å². The molecule has 4 nitrogen and oxygen atoms in total. The Bertz CT molecular complexity index is 421. The molecule has 1 atom stereocenters. The lowest BCUT2D eigenvalue weighted by atomic mass is 10.1. The molecule has 0 heterocycles. The molecule has 0 radical (unpaired) electrons. The van der Waals surface area contributed by atoms with E-state index in [2.05, 4.69) is 5.32 Å². The molecular formula is C13H16N2O2. The summed E-state index contributed by atoms with van der Waals surface area (Å²) in [5.74, 6) is 0.324. The molecule has 1 rings (SSSR count). The second-order valence-corrected chi connectivity index (χ2v) is 4.30. The maximum atomic E-state index is 11.7. The number of rotatable bonds is 4. The molecule has 1 amide bonds. The minimum Gasteiger partial charge on any atom is -0.481 e. The number of hydrogen-bond donors (Lipinski definition) is 1. The number of amides is 1. The summed E-state index contributed by atoms with van der Waals surface area (Å²) in [6.45, 7) is 4.93. The fourth-order valence-electron chi connectivity index (χ4n) is 1.19. The van der Waals surface area contributed by atoms with Crippen molar-refractivity contribution in [2.24, 2.45) is 0 Å². The van der Waals surface area contributed by atoms with Crippen LogP contribution in [0.4, 0.5) is 0 Å². The SMILES string of the molecule is CC(Oc1ccccc1)C(=O)NC(C)(C)C#N. The summed E-state index contributed by atoms with van der Waals surface area (Å²) in [4.78, 5) is 11.7. The molecule has 1 aromatic carbocycles. The van der Waals surface area contributed by atoms with Gasteiger partial charge in [0.2, 0.25) is 0 Å². The molecule has 1 aromatic rings. The zero-order valence-electron chi connectivity index (χ0n) is 10.2. The van der Waals surface area contributed by atoms with Crippen LogP contribution >= 0.6 is 0 Å². The molecule has 0 bridgehead atoms. The Labute approximate surface area is 101 Å². The van der Waals surface area contributed by atoms with Gasteiger partial charge in [0.05, 0.1) is 6.07 Å². The number of para-hydroxylation sites is 1. The van der Waals surface area contributed by atoms with E-state index in [0.717, 1.165) is 0 Å². The fraction of sp³-hybridized carbons (Fsp3) is 0.385. The highest BCUT2D eigenvalue weighted by Crippen LogP contribution is 2.11. The van der Waals surface area contributed by atoms with Crippen molar-refractivity contribution in [1.29, 1.82) is 5.26 Å². The average Bonchev–Trinajstić information content (AvgIpc) is 2.30. The van der Waals surface area contributed by atoms with Crippen molar-refractivity contribution in [1.82, 2.24) is 5.32 Å². The number of benzene rings is 1. The van der Waals surface area contributed by atoms with Gasteiger partial charge in [-0.25, -0.2) is 0 Å². The van der Waals surface area contributed by atoms with Crippen LogP contribution < -0.4 is 10.1 Å². The van der Waals surface area contributed by atoms with Gasteiger partial charge >= 0.3 is 0 Å². The quantitative estimate of drug-likeness (QED) is 0.862. The Morgan fingerprint density at radius 1 is 1.41 bits per heavy atom. The number of nitrogens with zero attached hydrogens (tertiary/aromatic N) is 1. The van der Waals surface area contributed by atoms with Gasteiger partial charge in [0.25, 0.3) is 5.91 Å². The van der Waals surface area contributed by atoms with Crippen molar-refractivity contribution in [3.05, 3.63) is 30.3 Å². The third-order valence-electron chi connectivity index (χ3n) is 2.14. The molecule has 0 saturated carbocycles. The molecule has 1 unspecified atom stereocenters. The van der Waals surface area contributed by atoms with Gasteiger partial charge in [0.1, 0.15) is 11.3 Å². The molecule has 0 saturated heterocycles. The van der Waals surface area contributed by atoms with Crippen LogP contribution in [0.25, 0.3) is 0 Å². The van der Waals surface area contributed by atoms with Crippen LogP contribution in [0.3, 0.4) is 0 Å².